The predicted molar refractivity (Wildman–Crippen MR) is 137 cm³/mol. The van der Waals surface area contributed by atoms with Crippen LogP contribution in [0.2, 0.25) is 0 Å². The molecule has 1 unspecified atom stereocenters. The number of nitrogens with one attached hydrogen (secondary N) is 1. The number of para-hydroxylation sites is 1. The highest BCUT2D eigenvalue weighted by Gasteiger charge is 2.36. The summed E-state index contributed by atoms with van der Waals surface area (Å²) in [6, 6.07) is 11.9. The Labute approximate surface area is 205 Å². The smallest absolute Gasteiger partial charge is 0.264 e. The average molecular weight is 479 g/mol. The largest absolute Gasteiger partial charge is 0.352 e. The van der Waals surface area contributed by atoms with E-state index in [2.05, 4.69) is 5.32 Å². The molecule has 0 aliphatic heterocycles. The van der Waals surface area contributed by atoms with Crippen LogP contribution in [0.4, 0.5) is 0 Å². The molecule has 2 aliphatic carbocycles. The molecule has 2 aliphatic rings. The minimum Gasteiger partial charge on any atom is -0.352 e. The molecule has 2 fully saturated rings. The van der Waals surface area contributed by atoms with Crippen molar-refractivity contribution in [3.05, 3.63) is 47.0 Å². The van der Waals surface area contributed by atoms with Crippen LogP contribution >= 0.6 is 11.3 Å². The van der Waals surface area contributed by atoms with Crippen LogP contribution in [0.3, 0.4) is 0 Å². The van der Waals surface area contributed by atoms with Gasteiger partial charge in [-0.05, 0) is 57.7 Å². The number of thiophene rings is 1. The monoisotopic (exact) mass is 478 g/mol. The van der Waals surface area contributed by atoms with Crippen LogP contribution < -0.4 is 5.32 Å². The van der Waals surface area contributed by atoms with Gasteiger partial charge in [0.05, 0.1) is 16.3 Å². The zero-order valence-corrected chi connectivity index (χ0v) is 20.9. The van der Waals surface area contributed by atoms with Crippen LogP contribution in [0.15, 0.2) is 36.4 Å². The van der Waals surface area contributed by atoms with Gasteiger partial charge < -0.3 is 10.2 Å². The molecule has 5 rings (SSSR count). The van der Waals surface area contributed by atoms with Crippen molar-refractivity contribution in [1.82, 2.24) is 20.0 Å². The summed E-state index contributed by atoms with van der Waals surface area (Å²) >= 11 is 1.48. The molecule has 2 aromatic heterocycles. The quantitative estimate of drug-likeness (QED) is 0.500. The third-order valence-corrected chi connectivity index (χ3v) is 8.56. The van der Waals surface area contributed by atoms with E-state index in [1.165, 1.54) is 30.6 Å². The molecule has 180 valence electrons. The number of hydrogen-bond acceptors (Lipinski definition) is 4. The number of carbonyl (C=O) groups is 2. The fourth-order valence-electron chi connectivity index (χ4n) is 5.56. The summed E-state index contributed by atoms with van der Waals surface area (Å²) in [6.07, 6.45) is 9.83. The van der Waals surface area contributed by atoms with Gasteiger partial charge in [0.2, 0.25) is 5.91 Å². The third kappa shape index (κ3) is 4.50. The number of amides is 2. The van der Waals surface area contributed by atoms with Crippen molar-refractivity contribution in [3.8, 4) is 5.69 Å². The van der Waals surface area contributed by atoms with Gasteiger partial charge in [0, 0.05) is 17.5 Å². The van der Waals surface area contributed by atoms with Crippen molar-refractivity contribution in [2.75, 3.05) is 0 Å². The van der Waals surface area contributed by atoms with Gasteiger partial charge >= 0.3 is 0 Å². The summed E-state index contributed by atoms with van der Waals surface area (Å²) in [5, 5.41) is 8.96. The minimum atomic E-state index is -0.477. The number of fused-ring (bicyclic) bond motifs is 1. The van der Waals surface area contributed by atoms with Crippen LogP contribution in [-0.4, -0.2) is 44.6 Å². The van der Waals surface area contributed by atoms with E-state index in [9.17, 15) is 9.59 Å². The Balaban J connectivity index is 1.43. The number of aryl methyl sites for hydroxylation is 1. The lowest BCUT2D eigenvalue weighted by atomic mass is 9.95. The van der Waals surface area contributed by atoms with Crippen LogP contribution in [0, 0.1) is 6.92 Å². The fourth-order valence-corrected chi connectivity index (χ4v) is 6.69. The van der Waals surface area contributed by atoms with Crippen LogP contribution in [0.5, 0.6) is 0 Å². The standard InChI is InChI=1S/C27H34N4O2S/c1-18-23-17-24(34-27(23)31(29-18)22-15-7-4-8-16-22)26(33)30(21-13-9-10-14-21)19(2)25(32)28-20-11-5-3-6-12-20/h4,7-8,15-17,19-21H,3,5-6,9-14H2,1-2H3,(H,28,32). The first-order valence-corrected chi connectivity index (χ1v) is 13.5. The molecule has 1 atom stereocenters. The Morgan fingerprint density at radius 2 is 1.74 bits per heavy atom. The second-order valence-corrected chi connectivity index (χ2v) is 10.9. The summed E-state index contributed by atoms with van der Waals surface area (Å²) in [4.78, 5) is 30.7. The Hall–Kier alpha value is -2.67. The van der Waals surface area contributed by atoms with Gasteiger partial charge in [0.15, 0.2) is 0 Å². The molecule has 7 heteroatoms. The Morgan fingerprint density at radius 3 is 2.44 bits per heavy atom. The summed E-state index contributed by atoms with van der Waals surface area (Å²) in [5.74, 6) is -0.0432. The van der Waals surface area contributed by atoms with Gasteiger partial charge in [-0.15, -0.1) is 11.3 Å². The maximum Gasteiger partial charge on any atom is 0.264 e. The lowest BCUT2D eigenvalue weighted by molar-refractivity contribution is -0.126. The average Bonchev–Trinajstić information content (AvgIpc) is 3.59. The zero-order chi connectivity index (χ0) is 23.7. The number of aromatic nitrogens is 2. The number of carbonyl (C=O) groups excluding carboxylic acids is 2. The molecule has 0 saturated heterocycles. The molecular formula is C27H34N4O2S. The molecule has 6 nitrogen and oxygen atoms in total. The van der Waals surface area contributed by atoms with Crippen LogP contribution in [-0.2, 0) is 4.79 Å². The number of hydrogen-bond donors (Lipinski definition) is 1. The van der Waals surface area contributed by atoms with E-state index >= 15 is 0 Å². The van der Waals surface area contributed by atoms with Gasteiger partial charge in [0.25, 0.3) is 5.91 Å². The number of benzene rings is 1. The van der Waals surface area contributed by atoms with Gasteiger partial charge in [-0.25, -0.2) is 4.68 Å². The summed E-state index contributed by atoms with van der Waals surface area (Å²) in [7, 11) is 0. The molecule has 1 aromatic carbocycles. The zero-order valence-electron chi connectivity index (χ0n) is 20.1. The van der Waals surface area contributed by atoms with E-state index in [0.29, 0.717) is 4.88 Å². The molecule has 1 N–H and O–H groups in total. The Morgan fingerprint density at radius 1 is 1.06 bits per heavy atom. The van der Waals surface area contributed by atoms with E-state index < -0.39 is 6.04 Å². The number of nitrogens with zero attached hydrogens (tertiary/aromatic N) is 3. The highest BCUT2D eigenvalue weighted by molar-refractivity contribution is 7.20. The predicted octanol–water partition coefficient (Wildman–Crippen LogP) is 5.62. The second kappa shape index (κ2) is 9.90. The van der Waals surface area contributed by atoms with E-state index in [-0.39, 0.29) is 23.9 Å². The first kappa shape index (κ1) is 23.1. The van der Waals surface area contributed by atoms with Crippen LogP contribution in [0.1, 0.15) is 80.1 Å². The molecule has 2 heterocycles. The molecule has 0 radical (unpaired) electrons. The Bertz CT molecular complexity index is 1160. The first-order valence-electron chi connectivity index (χ1n) is 12.7. The molecule has 2 amide bonds. The highest BCUT2D eigenvalue weighted by atomic mass is 32.1. The number of rotatable bonds is 6. The van der Waals surface area contributed by atoms with Gasteiger partial charge in [0.1, 0.15) is 10.9 Å². The van der Waals surface area contributed by atoms with E-state index in [1.807, 2.05) is 59.8 Å². The topological polar surface area (TPSA) is 67.2 Å². The third-order valence-electron chi connectivity index (χ3n) is 7.46. The fraction of sp³-hybridized carbons (Fsp3) is 0.519. The van der Waals surface area contributed by atoms with Crippen molar-refractivity contribution in [2.24, 2.45) is 0 Å². The normalized spacial score (nSPS) is 18.3. The van der Waals surface area contributed by atoms with Crippen molar-refractivity contribution in [2.45, 2.75) is 89.8 Å². The lowest BCUT2D eigenvalue weighted by Crippen LogP contribution is -2.53. The SMILES string of the molecule is Cc1nn(-c2ccccc2)c2sc(C(=O)N(C3CCCC3)C(C)C(=O)NC3CCCCC3)cc12. The van der Waals surface area contributed by atoms with Crippen LogP contribution in [0.25, 0.3) is 15.9 Å². The highest BCUT2D eigenvalue weighted by Crippen LogP contribution is 2.34. The summed E-state index contributed by atoms with van der Waals surface area (Å²) in [6.45, 7) is 3.89. The Kier molecular flexibility index (Phi) is 6.73. The van der Waals surface area contributed by atoms with E-state index in [0.717, 1.165) is 60.1 Å². The first-order chi connectivity index (χ1) is 16.5. The molecule has 0 bridgehead atoms. The van der Waals surface area contributed by atoms with Crippen molar-refractivity contribution >= 4 is 33.4 Å². The second-order valence-electron chi connectivity index (χ2n) is 9.83. The summed E-state index contributed by atoms with van der Waals surface area (Å²) < 4.78 is 1.92. The van der Waals surface area contributed by atoms with Gasteiger partial charge in [-0.2, -0.15) is 5.10 Å². The lowest BCUT2D eigenvalue weighted by Gasteiger charge is -2.35. The van der Waals surface area contributed by atoms with Crippen molar-refractivity contribution in [1.29, 1.82) is 0 Å². The van der Waals surface area contributed by atoms with Gasteiger partial charge in [-0.3, -0.25) is 9.59 Å². The molecule has 2 saturated carbocycles. The van der Waals surface area contributed by atoms with E-state index in [4.69, 9.17) is 5.10 Å². The molecule has 34 heavy (non-hydrogen) atoms. The molecule has 0 spiro atoms. The van der Waals surface area contributed by atoms with Crippen molar-refractivity contribution in [3.63, 3.8) is 0 Å². The summed E-state index contributed by atoms with van der Waals surface area (Å²) in [5.41, 5.74) is 1.89. The minimum absolute atomic E-state index is 0.0140. The van der Waals surface area contributed by atoms with Gasteiger partial charge in [-0.1, -0.05) is 50.3 Å². The molecule has 3 aromatic rings. The maximum atomic E-state index is 13.9. The molecular weight excluding hydrogens is 444 g/mol. The maximum absolute atomic E-state index is 13.9. The van der Waals surface area contributed by atoms with E-state index in [1.54, 1.807) is 0 Å². The van der Waals surface area contributed by atoms with Crippen molar-refractivity contribution < 1.29 is 9.59 Å².